The summed E-state index contributed by atoms with van der Waals surface area (Å²) in [6.45, 7) is 7.05. The zero-order valence-corrected chi connectivity index (χ0v) is 20.2. The molecule has 1 fully saturated rings. The molecule has 3 rings (SSSR count). The van der Waals surface area contributed by atoms with E-state index < -0.39 is 35.4 Å². The number of ether oxygens (including phenoxy) is 1. The van der Waals surface area contributed by atoms with Crippen LogP contribution in [-0.2, 0) is 14.3 Å². The minimum atomic E-state index is -0.709. The second kappa shape index (κ2) is 10.8. The van der Waals surface area contributed by atoms with Crippen molar-refractivity contribution in [3.8, 4) is 11.3 Å². The average molecular weight is 489 g/mol. The number of aromatic nitrogens is 1. The van der Waals surface area contributed by atoms with E-state index in [1.807, 2.05) is 0 Å². The molecule has 1 saturated heterocycles. The van der Waals surface area contributed by atoms with Crippen LogP contribution in [-0.4, -0.2) is 52.5 Å². The van der Waals surface area contributed by atoms with Crippen molar-refractivity contribution < 1.29 is 27.9 Å². The first-order valence-electron chi connectivity index (χ1n) is 11.4. The molecule has 1 aromatic carbocycles. The number of carbonyl (C=O) groups excluding carboxylic acids is 3. The van der Waals surface area contributed by atoms with Crippen LogP contribution in [0.25, 0.3) is 11.3 Å². The van der Waals surface area contributed by atoms with E-state index in [4.69, 9.17) is 4.74 Å². The van der Waals surface area contributed by atoms with Crippen molar-refractivity contribution in [2.45, 2.75) is 58.2 Å². The van der Waals surface area contributed by atoms with Crippen LogP contribution in [0.2, 0.25) is 0 Å². The molecular weight excluding hydrogens is 458 g/mol. The van der Waals surface area contributed by atoms with Crippen LogP contribution in [0.4, 0.5) is 13.6 Å². The Morgan fingerprint density at radius 1 is 1.17 bits per heavy atom. The van der Waals surface area contributed by atoms with Crippen LogP contribution in [0.5, 0.6) is 0 Å². The lowest BCUT2D eigenvalue weighted by molar-refractivity contribution is -0.138. The van der Waals surface area contributed by atoms with Crippen LogP contribution in [0, 0.1) is 11.6 Å². The van der Waals surface area contributed by atoms with E-state index >= 15 is 0 Å². The van der Waals surface area contributed by atoms with Gasteiger partial charge in [0.1, 0.15) is 29.8 Å². The first-order valence-corrected chi connectivity index (χ1v) is 11.4. The summed E-state index contributed by atoms with van der Waals surface area (Å²) in [7, 11) is 0. The first kappa shape index (κ1) is 26.1. The van der Waals surface area contributed by atoms with Gasteiger partial charge in [0.15, 0.2) is 0 Å². The van der Waals surface area contributed by atoms with Crippen LogP contribution < -0.4 is 10.6 Å². The van der Waals surface area contributed by atoms with Gasteiger partial charge in [0.25, 0.3) is 0 Å². The van der Waals surface area contributed by atoms with Gasteiger partial charge in [-0.15, -0.1) is 0 Å². The molecule has 188 valence electrons. The highest BCUT2D eigenvalue weighted by atomic mass is 19.1. The van der Waals surface area contributed by atoms with E-state index in [0.29, 0.717) is 24.9 Å². The van der Waals surface area contributed by atoms with Crippen molar-refractivity contribution in [2.24, 2.45) is 0 Å². The summed E-state index contributed by atoms with van der Waals surface area (Å²) >= 11 is 0. The molecule has 2 heterocycles. The molecule has 0 spiro atoms. The monoisotopic (exact) mass is 488 g/mol. The number of pyridine rings is 1. The smallest absolute Gasteiger partial charge is 0.408 e. The zero-order valence-electron chi connectivity index (χ0n) is 20.2. The minimum absolute atomic E-state index is 0.146. The summed E-state index contributed by atoms with van der Waals surface area (Å²) in [5.41, 5.74) is -0.111. The number of carbonyl (C=O) groups is 3. The molecule has 0 aliphatic carbocycles. The number of halogens is 2. The molecule has 1 aromatic heterocycles. The highest BCUT2D eigenvalue weighted by Crippen LogP contribution is 2.25. The average Bonchev–Trinajstić information content (AvgIpc) is 3.27. The maximum Gasteiger partial charge on any atom is 0.408 e. The molecule has 2 aromatic rings. The van der Waals surface area contributed by atoms with Crippen LogP contribution in [0.1, 0.15) is 52.1 Å². The summed E-state index contributed by atoms with van der Waals surface area (Å²) in [5, 5.41) is 5.29. The Bertz CT molecular complexity index is 1070. The van der Waals surface area contributed by atoms with Gasteiger partial charge in [-0.3, -0.25) is 14.6 Å². The summed E-state index contributed by atoms with van der Waals surface area (Å²) < 4.78 is 33.2. The Morgan fingerprint density at radius 2 is 1.86 bits per heavy atom. The van der Waals surface area contributed by atoms with Gasteiger partial charge in [0, 0.05) is 12.7 Å². The van der Waals surface area contributed by atoms with Crippen LogP contribution in [0.15, 0.2) is 36.5 Å². The number of nitrogens with one attached hydrogen (secondary N) is 2. The molecule has 0 bridgehead atoms. The number of amides is 3. The third-order valence-electron chi connectivity index (χ3n) is 5.52. The lowest BCUT2D eigenvalue weighted by Crippen LogP contribution is -2.49. The fourth-order valence-electron chi connectivity index (χ4n) is 3.85. The quantitative estimate of drug-likeness (QED) is 0.646. The molecule has 2 unspecified atom stereocenters. The maximum atomic E-state index is 14.0. The van der Waals surface area contributed by atoms with Crippen LogP contribution >= 0.6 is 0 Å². The van der Waals surface area contributed by atoms with E-state index in [2.05, 4.69) is 15.6 Å². The largest absolute Gasteiger partial charge is 0.444 e. The molecule has 10 heteroatoms. The molecule has 1 aliphatic rings. The van der Waals surface area contributed by atoms with Crippen LogP contribution in [0.3, 0.4) is 0 Å². The number of alkyl carbamates (subject to hydrolysis) is 1. The van der Waals surface area contributed by atoms with Crippen molar-refractivity contribution in [3.05, 3.63) is 53.7 Å². The minimum Gasteiger partial charge on any atom is -0.444 e. The third-order valence-corrected chi connectivity index (χ3v) is 5.52. The normalized spacial score (nSPS) is 16.5. The third kappa shape index (κ3) is 6.74. The first-order chi connectivity index (χ1) is 16.5. The fraction of sp³-hybridized carbons (Fsp3) is 0.440. The SMILES string of the molecule is CC(NC(=O)C1CCCN1C(=O)CNC(=O)OC(C)(C)C)c1ccc(-c2c(F)cccc2F)nc1. The van der Waals surface area contributed by atoms with Gasteiger partial charge in [0.2, 0.25) is 11.8 Å². The molecule has 1 aliphatic heterocycles. The number of likely N-dealkylation sites (tertiary alicyclic amines) is 1. The van der Waals surface area contributed by atoms with Crippen molar-refractivity contribution in [2.75, 3.05) is 13.1 Å². The van der Waals surface area contributed by atoms with Gasteiger partial charge < -0.3 is 20.3 Å². The van der Waals surface area contributed by atoms with E-state index in [1.165, 1.54) is 23.2 Å². The van der Waals surface area contributed by atoms with Crippen molar-refractivity contribution >= 4 is 17.9 Å². The number of rotatable bonds is 6. The highest BCUT2D eigenvalue weighted by molar-refractivity contribution is 5.90. The molecule has 8 nitrogen and oxygen atoms in total. The highest BCUT2D eigenvalue weighted by Gasteiger charge is 2.34. The second-order valence-corrected chi connectivity index (χ2v) is 9.40. The maximum absolute atomic E-state index is 14.0. The Morgan fingerprint density at radius 3 is 2.46 bits per heavy atom. The predicted octanol–water partition coefficient (Wildman–Crippen LogP) is 3.72. The van der Waals surface area contributed by atoms with Gasteiger partial charge in [-0.2, -0.15) is 0 Å². The number of hydrogen-bond acceptors (Lipinski definition) is 5. The van der Waals surface area contributed by atoms with E-state index in [9.17, 15) is 23.2 Å². The molecule has 0 radical (unpaired) electrons. The van der Waals surface area contributed by atoms with Gasteiger partial charge in [-0.05, 0) is 64.3 Å². The summed E-state index contributed by atoms with van der Waals surface area (Å²) in [6.07, 6.45) is 1.91. The van der Waals surface area contributed by atoms with Gasteiger partial charge in [-0.25, -0.2) is 13.6 Å². The summed E-state index contributed by atoms with van der Waals surface area (Å²) in [4.78, 5) is 42.9. The molecule has 2 N–H and O–H groups in total. The van der Waals surface area contributed by atoms with Gasteiger partial charge >= 0.3 is 6.09 Å². The lowest BCUT2D eigenvalue weighted by atomic mass is 10.1. The second-order valence-electron chi connectivity index (χ2n) is 9.40. The molecule has 2 atom stereocenters. The fourth-order valence-corrected chi connectivity index (χ4v) is 3.85. The van der Waals surface area contributed by atoms with Gasteiger partial charge in [0.05, 0.1) is 17.3 Å². The van der Waals surface area contributed by atoms with Crippen molar-refractivity contribution in [1.82, 2.24) is 20.5 Å². The standard InChI is InChI=1S/C25H30F2N4O4/c1-15(16-10-11-19(28-13-16)22-17(26)7-5-8-18(22)27)30-23(33)20-9-6-12-31(20)21(32)14-29-24(34)35-25(2,3)4/h5,7-8,10-11,13,15,20H,6,9,12,14H2,1-4H3,(H,29,34)(H,30,33). The zero-order chi connectivity index (χ0) is 25.8. The number of benzene rings is 1. The Labute approximate surface area is 203 Å². The Hall–Kier alpha value is -3.56. The van der Waals surface area contributed by atoms with Crippen molar-refractivity contribution in [3.63, 3.8) is 0 Å². The molecular formula is C25H30F2N4O4. The van der Waals surface area contributed by atoms with E-state index in [0.717, 1.165) is 12.1 Å². The number of nitrogens with zero attached hydrogens (tertiary/aromatic N) is 2. The summed E-state index contributed by atoms with van der Waals surface area (Å²) in [6, 6.07) is 5.62. The van der Waals surface area contributed by atoms with E-state index in [-0.39, 0.29) is 29.6 Å². The summed E-state index contributed by atoms with van der Waals surface area (Å²) in [5.74, 6) is -2.12. The molecule has 3 amide bonds. The predicted molar refractivity (Wildman–Crippen MR) is 125 cm³/mol. The van der Waals surface area contributed by atoms with Gasteiger partial charge in [-0.1, -0.05) is 12.1 Å². The Kier molecular flexibility index (Phi) is 8.03. The topological polar surface area (TPSA) is 101 Å². The Balaban J connectivity index is 1.59. The molecule has 35 heavy (non-hydrogen) atoms. The van der Waals surface area contributed by atoms with Crippen molar-refractivity contribution in [1.29, 1.82) is 0 Å². The molecule has 0 saturated carbocycles. The number of hydrogen-bond donors (Lipinski definition) is 2. The van der Waals surface area contributed by atoms with E-state index in [1.54, 1.807) is 33.8 Å². The lowest BCUT2D eigenvalue weighted by Gasteiger charge is -2.26.